The lowest BCUT2D eigenvalue weighted by Gasteiger charge is -2.36. The van der Waals surface area contributed by atoms with E-state index in [0.29, 0.717) is 38.4 Å². The largest absolute Gasteiger partial charge is 0.367 e. The number of rotatable bonds is 5. The number of nitroso groups, excluding NO2 is 1. The summed E-state index contributed by atoms with van der Waals surface area (Å²) in [6.07, 6.45) is 1.22. The first-order chi connectivity index (χ1) is 9.89. The highest BCUT2D eigenvalue weighted by Crippen LogP contribution is 2.25. The molecule has 0 N–H and O–H groups in total. The molecule has 1 aromatic carbocycles. The molecule has 2 rings (SSSR count). The normalized spacial score (nSPS) is 17.0. The van der Waals surface area contributed by atoms with Crippen molar-refractivity contribution in [2.24, 2.45) is 5.18 Å². The van der Waals surface area contributed by atoms with Gasteiger partial charge in [-0.05, 0) is 17.3 Å². The SMILES string of the molecule is CS(=O)(=O)CCN1CCN(c2ccc(N=O)cc2F)CC1. The predicted octanol–water partition coefficient (Wildman–Crippen LogP) is 1.39. The number of hydrogen-bond donors (Lipinski definition) is 0. The zero-order valence-electron chi connectivity index (χ0n) is 11.8. The third-order valence-electron chi connectivity index (χ3n) is 3.53. The molecule has 0 aliphatic carbocycles. The maximum atomic E-state index is 13.9. The van der Waals surface area contributed by atoms with Crippen LogP contribution in [0.15, 0.2) is 23.4 Å². The summed E-state index contributed by atoms with van der Waals surface area (Å²) in [5.41, 5.74) is 0.521. The van der Waals surface area contributed by atoms with E-state index in [-0.39, 0.29) is 11.4 Å². The maximum Gasteiger partial charge on any atom is 0.148 e. The van der Waals surface area contributed by atoms with Gasteiger partial charge in [-0.15, -0.1) is 4.91 Å². The van der Waals surface area contributed by atoms with Gasteiger partial charge in [-0.3, -0.25) is 4.90 Å². The molecule has 1 heterocycles. The standard InChI is InChI=1S/C13H18FN3O3S/c1-21(19,20)9-8-16-4-6-17(7-5-16)13-3-2-11(15-18)10-12(13)14/h2-3,10H,4-9H2,1H3. The molecule has 8 heteroatoms. The van der Waals surface area contributed by atoms with Crippen molar-refractivity contribution < 1.29 is 12.8 Å². The molecule has 1 aromatic rings. The number of halogens is 1. The highest BCUT2D eigenvalue weighted by molar-refractivity contribution is 7.90. The Balaban J connectivity index is 1.93. The molecule has 0 unspecified atom stereocenters. The first kappa shape index (κ1) is 15.8. The zero-order chi connectivity index (χ0) is 15.5. The number of hydrogen-bond acceptors (Lipinski definition) is 6. The van der Waals surface area contributed by atoms with Crippen molar-refractivity contribution in [2.45, 2.75) is 0 Å². The second kappa shape index (κ2) is 6.48. The van der Waals surface area contributed by atoms with Gasteiger partial charge < -0.3 is 4.90 Å². The molecule has 6 nitrogen and oxygen atoms in total. The first-order valence-corrected chi connectivity index (χ1v) is 8.73. The molecule has 0 amide bonds. The highest BCUT2D eigenvalue weighted by atomic mass is 32.2. The average molecular weight is 315 g/mol. The molecule has 1 aliphatic heterocycles. The third-order valence-corrected chi connectivity index (χ3v) is 4.45. The molecule has 116 valence electrons. The molecule has 1 aliphatic rings. The lowest BCUT2D eigenvalue weighted by molar-refractivity contribution is 0.271. The van der Waals surface area contributed by atoms with E-state index in [9.17, 15) is 17.7 Å². The quantitative estimate of drug-likeness (QED) is 0.768. The Morgan fingerprint density at radius 2 is 1.90 bits per heavy atom. The van der Waals surface area contributed by atoms with Crippen LogP contribution in [0.2, 0.25) is 0 Å². The Morgan fingerprint density at radius 1 is 1.24 bits per heavy atom. The fourth-order valence-electron chi connectivity index (χ4n) is 2.32. The monoisotopic (exact) mass is 315 g/mol. The lowest BCUT2D eigenvalue weighted by atomic mass is 10.2. The Bertz CT molecular complexity index is 613. The van der Waals surface area contributed by atoms with Crippen LogP contribution in [0, 0.1) is 10.7 Å². The van der Waals surface area contributed by atoms with Crippen LogP contribution >= 0.6 is 0 Å². The van der Waals surface area contributed by atoms with E-state index in [1.54, 1.807) is 6.07 Å². The van der Waals surface area contributed by atoms with Crippen LogP contribution in [-0.2, 0) is 9.84 Å². The van der Waals surface area contributed by atoms with E-state index < -0.39 is 15.7 Å². The van der Waals surface area contributed by atoms with Gasteiger partial charge in [0, 0.05) is 45.0 Å². The van der Waals surface area contributed by atoms with E-state index >= 15 is 0 Å². The molecule has 1 fully saturated rings. The van der Waals surface area contributed by atoms with Gasteiger partial charge in [0.1, 0.15) is 21.3 Å². The maximum absolute atomic E-state index is 13.9. The Hall–Kier alpha value is -1.54. The van der Waals surface area contributed by atoms with Crippen molar-refractivity contribution in [3.05, 3.63) is 28.9 Å². The van der Waals surface area contributed by atoms with Crippen molar-refractivity contribution in [3.63, 3.8) is 0 Å². The average Bonchev–Trinajstić information content (AvgIpc) is 2.45. The van der Waals surface area contributed by atoms with Crippen LogP contribution < -0.4 is 4.90 Å². The molecule has 0 radical (unpaired) electrons. The van der Waals surface area contributed by atoms with E-state index in [4.69, 9.17) is 0 Å². The molecule has 0 bridgehead atoms. The van der Waals surface area contributed by atoms with E-state index in [2.05, 4.69) is 10.1 Å². The second-order valence-corrected chi connectivity index (χ2v) is 7.45. The molecule has 0 aromatic heterocycles. The zero-order valence-corrected chi connectivity index (χ0v) is 12.6. The molecule has 0 spiro atoms. The van der Waals surface area contributed by atoms with Crippen LogP contribution in [0.3, 0.4) is 0 Å². The summed E-state index contributed by atoms with van der Waals surface area (Å²) >= 11 is 0. The van der Waals surface area contributed by atoms with Crippen LogP contribution in [0.5, 0.6) is 0 Å². The van der Waals surface area contributed by atoms with Gasteiger partial charge >= 0.3 is 0 Å². The number of piperazine rings is 1. The summed E-state index contributed by atoms with van der Waals surface area (Å²) in [4.78, 5) is 14.3. The van der Waals surface area contributed by atoms with Crippen LogP contribution in [0.4, 0.5) is 15.8 Å². The molecule has 0 saturated carbocycles. The van der Waals surface area contributed by atoms with E-state index in [1.165, 1.54) is 12.3 Å². The van der Waals surface area contributed by atoms with Crippen molar-refractivity contribution in [1.82, 2.24) is 4.90 Å². The van der Waals surface area contributed by atoms with Crippen LogP contribution in [0.1, 0.15) is 0 Å². The fraction of sp³-hybridized carbons (Fsp3) is 0.538. The summed E-state index contributed by atoms with van der Waals surface area (Å²) in [6, 6.07) is 4.16. The lowest BCUT2D eigenvalue weighted by Crippen LogP contribution is -2.47. The Kier molecular flexibility index (Phi) is 4.89. The number of sulfone groups is 1. The van der Waals surface area contributed by atoms with Gasteiger partial charge in [0.15, 0.2) is 0 Å². The van der Waals surface area contributed by atoms with Crippen molar-refractivity contribution in [1.29, 1.82) is 0 Å². The van der Waals surface area contributed by atoms with Gasteiger partial charge in [0.05, 0.1) is 11.4 Å². The smallest absolute Gasteiger partial charge is 0.148 e. The number of nitrogens with zero attached hydrogens (tertiary/aromatic N) is 3. The Labute approximate surface area is 123 Å². The number of benzene rings is 1. The topological polar surface area (TPSA) is 70.1 Å². The van der Waals surface area contributed by atoms with Crippen molar-refractivity contribution >= 4 is 21.2 Å². The summed E-state index contributed by atoms with van der Waals surface area (Å²) in [7, 11) is -2.96. The third kappa shape index (κ3) is 4.47. The highest BCUT2D eigenvalue weighted by Gasteiger charge is 2.20. The summed E-state index contributed by atoms with van der Waals surface area (Å²) in [6.45, 7) is 3.11. The van der Waals surface area contributed by atoms with Gasteiger partial charge in [-0.2, -0.15) is 0 Å². The van der Waals surface area contributed by atoms with Gasteiger partial charge in [0.25, 0.3) is 0 Å². The minimum atomic E-state index is -2.96. The van der Waals surface area contributed by atoms with E-state index in [0.717, 1.165) is 6.07 Å². The molecule has 0 atom stereocenters. The predicted molar refractivity (Wildman–Crippen MR) is 80.2 cm³/mol. The van der Waals surface area contributed by atoms with Gasteiger partial charge in [0.2, 0.25) is 0 Å². The van der Waals surface area contributed by atoms with Crippen molar-refractivity contribution in [2.75, 3.05) is 49.6 Å². The Morgan fingerprint density at radius 3 is 2.43 bits per heavy atom. The fourth-order valence-corrected chi connectivity index (χ4v) is 2.91. The summed E-state index contributed by atoms with van der Waals surface area (Å²) < 4.78 is 36.2. The van der Waals surface area contributed by atoms with Crippen LogP contribution in [-0.4, -0.2) is 58.1 Å². The summed E-state index contributed by atoms with van der Waals surface area (Å²) in [5.74, 6) is -0.321. The second-order valence-electron chi connectivity index (χ2n) is 5.19. The minimum Gasteiger partial charge on any atom is -0.367 e. The van der Waals surface area contributed by atoms with Crippen LogP contribution in [0.25, 0.3) is 0 Å². The van der Waals surface area contributed by atoms with Crippen molar-refractivity contribution in [3.8, 4) is 0 Å². The number of anilines is 1. The van der Waals surface area contributed by atoms with E-state index in [1.807, 2.05) is 4.90 Å². The minimum absolute atomic E-state index is 0.0723. The molecular weight excluding hydrogens is 297 g/mol. The summed E-state index contributed by atoms with van der Waals surface area (Å²) in [5, 5.41) is 2.70. The molecule has 21 heavy (non-hydrogen) atoms. The first-order valence-electron chi connectivity index (χ1n) is 6.67. The molecular formula is C13H18FN3O3S. The van der Waals surface area contributed by atoms with Gasteiger partial charge in [-0.1, -0.05) is 0 Å². The van der Waals surface area contributed by atoms with Gasteiger partial charge in [-0.25, -0.2) is 12.8 Å². The molecule has 1 saturated heterocycles.